The number of primary amides is 1. The molecule has 0 aromatic heterocycles. The lowest BCUT2D eigenvalue weighted by Gasteiger charge is -2.05. The van der Waals surface area contributed by atoms with Crippen LogP contribution in [0.2, 0.25) is 0 Å². The number of amides is 2. The minimum Gasteiger partial charge on any atom is -0.496 e. The molecular formula is C8H9IN2O2. The zero-order valence-corrected chi connectivity index (χ0v) is 9.16. The van der Waals surface area contributed by atoms with Gasteiger partial charge in [0, 0.05) is 5.69 Å². The van der Waals surface area contributed by atoms with E-state index < -0.39 is 6.03 Å². The monoisotopic (exact) mass is 292 g/mol. The van der Waals surface area contributed by atoms with Gasteiger partial charge >= 0.3 is 6.03 Å². The molecule has 0 aliphatic heterocycles. The number of nitrogens with one attached hydrogen (secondary N) is 1. The summed E-state index contributed by atoms with van der Waals surface area (Å²) in [7, 11) is 1.60. The molecule has 4 nitrogen and oxygen atoms in total. The quantitative estimate of drug-likeness (QED) is 0.816. The van der Waals surface area contributed by atoms with Crippen LogP contribution in [0.25, 0.3) is 0 Å². The lowest BCUT2D eigenvalue weighted by Crippen LogP contribution is -2.19. The van der Waals surface area contributed by atoms with Crippen LogP contribution in [-0.4, -0.2) is 13.1 Å². The molecule has 13 heavy (non-hydrogen) atoms. The Balaban J connectivity index is 2.89. The van der Waals surface area contributed by atoms with Crippen molar-refractivity contribution in [1.29, 1.82) is 0 Å². The highest BCUT2D eigenvalue weighted by Crippen LogP contribution is 2.23. The Bertz CT molecular complexity index is 328. The van der Waals surface area contributed by atoms with Crippen LogP contribution in [-0.2, 0) is 0 Å². The molecule has 0 saturated carbocycles. The Kier molecular flexibility index (Phi) is 3.35. The second-order valence-corrected chi connectivity index (χ2v) is 3.50. The van der Waals surface area contributed by atoms with Gasteiger partial charge in [-0.15, -0.1) is 0 Å². The molecule has 0 saturated heterocycles. The largest absolute Gasteiger partial charge is 0.496 e. The van der Waals surface area contributed by atoms with Gasteiger partial charge in [-0.2, -0.15) is 0 Å². The van der Waals surface area contributed by atoms with Gasteiger partial charge in [0.1, 0.15) is 5.75 Å². The van der Waals surface area contributed by atoms with E-state index >= 15 is 0 Å². The van der Waals surface area contributed by atoms with Crippen molar-refractivity contribution in [3.8, 4) is 5.75 Å². The third-order valence-corrected chi connectivity index (χ3v) is 2.26. The molecule has 1 rings (SSSR count). The number of hydrogen-bond acceptors (Lipinski definition) is 2. The van der Waals surface area contributed by atoms with Crippen LogP contribution < -0.4 is 15.8 Å². The Morgan fingerprint density at radius 1 is 1.62 bits per heavy atom. The van der Waals surface area contributed by atoms with Gasteiger partial charge in [0.15, 0.2) is 0 Å². The van der Waals surface area contributed by atoms with E-state index in [1.165, 1.54) is 0 Å². The van der Waals surface area contributed by atoms with Gasteiger partial charge in [0.25, 0.3) is 0 Å². The van der Waals surface area contributed by atoms with Crippen LogP contribution >= 0.6 is 22.6 Å². The fourth-order valence-electron chi connectivity index (χ4n) is 0.886. The van der Waals surface area contributed by atoms with E-state index in [4.69, 9.17) is 10.5 Å². The fourth-order valence-corrected chi connectivity index (χ4v) is 1.62. The van der Waals surface area contributed by atoms with E-state index in [1.54, 1.807) is 25.3 Å². The number of methoxy groups -OCH3 is 1. The number of nitrogens with two attached hydrogens (primary N) is 1. The zero-order valence-electron chi connectivity index (χ0n) is 7.00. The molecule has 0 spiro atoms. The molecule has 1 aromatic carbocycles. The van der Waals surface area contributed by atoms with Gasteiger partial charge in [0.2, 0.25) is 0 Å². The van der Waals surface area contributed by atoms with Crippen molar-refractivity contribution in [2.24, 2.45) is 5.73 Å². The van der Waals surface area contributed by atoms with Crippen LogP contribution in [0.15, 0.2) is 18.2 Å². The van der Waals surface area contributed by atoms with Crippen LogP contribution in [0.5, 0.6) is 5.75 Å². The van der Waals surface area contributed by atoms with Crippen LogP contribution in [0.4, 0.5) is 10.5 Å². The molecule has 70 valence electrons. The van der Waals surface area contributed by atoms with E-state index in [0.717, 1.165) is 9.32 Å². The average Bonchev–Trinajstić information content (AvgIpc) is 2.03. The predicted octanol–water partition coefficient (Wildman–Crippen LogP) is 1.79. The minimum absolute atomic E-state index is 0.569. The normalized spacial score (nSPS) is 9.38. The maximum Gasteiger partial charge on any atom is 0.316 e. The van der Waals surface area contributed by atoms with Crippen LogP contribution in [0, 0.1) is 3.57 Å². The third-order valence-electron chi connectivity index (χ3n) is 1.42. The number of carbonyl (C=O) groups excluding carboxylic acids is 1. The maximum atomic E-state index is 10.5. The smallest absolute Gasteiger partial charge is 0.316 e. The Morgan fingerprint density at radius 3 is 2.77 bits per heavy atom. The summed E-state index contributed by atoms with van der Waals surface area (Å²) in [6, 6.07) is 4.71. The van der Waals surface area contributed by atoms with Gasteiger partial charge in [-0.05, 0) is 40.8 Å². The molecule has 0 aliphatic rings. The van der Waals surface area contributed by atoms with Gasteiger partial charge < -0.3 is 15.8 Å². The number of hydrogen-bond donors (Lipinski definition) is 2. The van der Waals surface area contributed by atoms with Crippen LogP contribution in [0.1, 0.15) is 0 Å². The van der Waals surface area contributed by atoms with Gasteiger partial charge in [0.05, 0.1) is 10.7 Å². The average molecular weight is 292 g/mol. The first-order valence-corrected chi connectivity index (χ1v) is 4.61. The molecule has 0 aliphatic carbocycles. The minimum atomic E-state index is -0.569. The van der Waals surface area contributed by atoms with Crippen molar-refractivity contribution in [3.63, 3.8) is 0 Å². The Morgan fingerprint density at radius 2 is 2.31 bits per heavy atom. The number of anilines is 1. The summed E-state index contributed by atoms with van der Waals surface area (Å²) in [4.78, 5) is 10.5. The number of urea groups is 1. The summed E-state index contributed by atoms with van der Waals surface area (Å²) in [5, 5.41) is 2.48. The predicted molar refractivity (Wildman–Crippen MR) is 58.9 cm³/mol. The summed E-state index contributed by atoms with van der Waals surface area (Å²) >= 11 is 2.12. The van der Waals surface area contributed by atoms with E-state index in [1.807, 2.05) is 0 Å². The summed E-state index contributed by atoms with van der Waals surface area (Å²) in [5.41, 5.74) is 5.63. The fraction of sp³-hybridized carbons (Fsp3) is 0.125. The Labute approximate surface area is 89.6 Å². The van der Waals surface area contributed by atoms with Crippen molar-refractivity contribution in [3.05, 3.63) is 21.8 Å². The standard InChI is InChI=1S/C8H9IN2O2/c1-13-7-3-2-5(4-6(7)9)11-8(10)12/h2-4H,1H3,(H3,10,11,12). The number of ether oxygens (including phenoxy) is 1. The second-order valence-electron chi connectivity index (χ2n) is 2.34. The molecule has 0 radical (unpaired) electrons. The van der Waals surface area contributed by atoms with Crippen molar-refractivity contribution < 1.29 is 9.53 Å². The summed E-state index contributed by atoms with van der Waals surface area (Å²) in [6.45, 7) is 0. The number of rotatable bonds is 2. The third kappa shape index (κ3) is 2.76. The van der Waals surface area contributed by atoms with Crippen molar-refractivity contribution >= 4 is 34.3 Å². The molecule has 0 bridgehead atoms. The lowest BCUT2D eigenvalue weighted by atomic mass is 10.3. The molecule has 0 unspecified atom stereocenters. The maximum absolute atomic E-state index is 10.5. The first-order valence-electron chi connectivity index (χ1n) is 3.53. The number of halogens is 1. The van der Waals surface area contributed by atoms with Gasteiger partial charge in [-0.1, -0.05) is 0 Å². The molecule has 0 heterocycles. The second kappa shape index (κ2) is 4.31. The van der Waals surface area contributed by atoms with Crippen molar-refractivity contribution in [2.75, 3.05) is 12.4 Å². The lowest BCUT2D eigenvalue weighted by molar-refractivity contribution is 0.259. The topological polar surface area (TPSA) is 64.3 Å². The molecular weight excluding hydrogens is 283 g/mol. The van der Waals surface area contributed by atoms with Crippen molar-refractivity contribution in [2.45, 2.75) is 0 Å². The summed E-state index contributed by atoms with van der Waals surface area (Å²) in [6.07, 6.45) is 0. The zero-order chi connectivity index (χ0) is 9.84. The van der Waals surface area contributed by atoms with Crippen molar-refractivity contribution in [1.82, 2.24) is 0 Å². The molecule has 2 amide bonds. The highest BCUT2D eigenvalue weighted by atomic mass is 127. The number of benzene rings is 1. The SMILES string of the molecule is COc1ccc(NC(N)=O)cc1I. The highest BCUT2D eigenvalue weighted by Gasteiger charge is 2.01. The highest BCUT2D eigenvalue weighted by molar-refractivity contribution is 14.1. The molecule has 3 N–H and O–H groups in total. The van der Waals surface area contributed by atoms with Gasteiger partial charge in [-0.3, -0.25) is 0 Å². The molecule has 5 heteroatoms. The van der Waals surface area contributed by atoms with E-state index in [9.17, 15) is 4.79 Å². The number of carbonyl (C=O) groups is 1. The van der Waals surface area contributed by atoms with E-state index in [2.05, 4.69) is 27.9 Å². The molecule has 0 atom stereocenters. The van der Waals surface area contributed by atoms with Crippen LogP contribution in [0.3, 0.4) is 0 Å². The first-order chi connectivity index (χ1) is 6.13. The van der Waals surface area contributed by atoms with Gasteiger partial charge in [-0.25, -0.2) is 4.79 Å². The van der Waals surface area contributed by atoms with E-state index in [0.29, 0.717) is 5.69 Å². The molecule has 0 fully saturated rings. The summed E-state index contributed by atoms with van der Waals surface area (Å²) < 4.78 is 5.98. The first kappa shape index (κ1) is 10.1. The molecule has 1 aromatic rings. The summed E-state index contributed by atoms with van der Waals surface area (Å²) in [5.74, 6) is 0.774. The Hall–Kier alpha value is -0.980. The van der Waals surface area contributed by atoms with E-state index in [-0.39, 0.29) is 0 Å².